The molecule has 0 bridgehead atoms. The van der Waals surface area contributed by atoms with Gasteiger partial charge in [-0.3, -0.25) is 19.1 Å². The minimum atomic E-state index is -0.595. The number of aromatic nitrogens is 4. The molecule has 0 saturated carbocycles. The summed E-state index contributed by atoms with van der Waals surface area (Å²) in [6.07, 6.45) is 1.68. The number of benzene rings is 1. The molecular formula is C21H22FN5O2S. The van der Waals surface area contributed by atoms with E-state index in [-0.39, 0.29) is 17.8 Å². The predicted octanol–water partition coefficient (Wildman–Crippen LogP) is 1.90. The lowest BCUT2D eigenvalue weighted by molar-refractivity contribution is 0.297. The predicted molar refractivity (Wildman–Crippen MR) is 111 cm³/mol. The Morgan fingerprint density at radius 1 is 1.10 bits per heavy atom. The summed E-state index contributed by atoms with van der Waals surface area (Å²) < 4.78 is 16.0. The van der Waals surface area contributed by atoms with Gasteiger partial charge in [-0.15, -0.1) is 11.3 Å². The number of aryl methyl sites for hydroxylation is 1. The highest BCUT2D eigenvalue weighted by Gasteiger charge is 2.47. The molecule has 9 heteroatoms. The summed E-state index contributed by atoms with van der Waals surface area (Å²) in [5.41, 5.74) is 0.476. The molecule has 1 fully saturated rings. The van der Waals surface area contributed by atoms with Crippen molar-refractivity contribution in [3.63, 3.8) is 0 Å². The van der Waals surface area contributed by atoms with Gasteiger partial charge in [0.15, 0.2) is 0 Å². The fourth-order valence-electron chi connectivity index (χ4n) is 4.64. The van der Waals surface area contributed by atoms with Crippen molar-refractivity contribution in [3.8, 4) is 0 Å². The van der Waals surface area contributed by atoms with Crippen LogP contribution in [-0.4, -0.2) is 37.3 Å². The molecule has 5 rings (SSSR count). The SMILES string of the molecule is Cc1nc(Cn2nc3n(c(=O)c2=O)CCC32CCN(Cc3ccc(F)cc3)C2)cs1. The number of fused-ring (bicyclic) bond motifs is 2. The van der Waals surface area contributed by atoms with Crippen molar-refractivity contribution in [2.45, 2.75) is 44.8 Å². The zero-order valence-electron chi connectivity index (χ0n) is 16.7. The van der Waals surface area contributed by atoms with Crippen LogP contribution in [0.3, 0.4) is 0 Å². The molecule has 1 spiro atoms. The highest BCUT2D eigenvalue weighted by Crippen LogP contribution is 2.40. The van der Waals surface area contributed by atoms with E-state index < -0.39 is 11.1 Å². The largest absolute Gasteiger partial charge is 0.332 e. The Balaban J connectivity index is 1.44. The van der Waals surface area contributed by atoms with Crippen LogP contribution < -0.4 is 11.1 Å². The topological polar surface area (TPSA) is 73.0 Å². The molecule has 2 aliphatic rings. The highest BCUT2D eigenvalue weighted by atomic mass is 32.1. The van der Waals surface area contributed by atoms with Gasteiger partial charge < -0.3 is 0 Å². The van der Waals surface area contributed by atoms with Crippen molar-refractivity contribution in [1.82, 2.24) is 24.2 Å². The molecule has 1 saturated heterocycles. The standard InChI is InChI=1S/C21H22FN5O2S/c1-14-23-17(12-30-14)11-27-19(29)18(28)26-9-7-21(20(26)24-27)6-8-25(13-21)10-15-2-4-16(22)5-3-15/h2-5,12H,6-11,13H2,1H3. The normalized spacial score (nSPS) is 20.9. The molecule has 3 aromatic rings. The second-order valence-electron chi connectivity index (χ2n) is 8.22. The number of rotatable bonds is 4. The monoisotopic (exact) mass is 427 g/mol. The second-order valence-corrected chi connectivity index (χ2v) is 9.28. The van der Waals surface area contributed by atoms with Gasteiger partial charge in [0.2, 0.25) is 0 Å². The molecule has 1 atom stereocenters. The molecule has 2 aromatic heterocycles. The van der Waals surface area contributed by atoms with E-state index >= 15 is 0 Å². The van der Waals surface area contributed by atoms with Gasteiger partial charge in [0, 0.05) is 30.4 Å². The Morgan fingerprint density at radius 2 is 1.87 bits per heavy atom. The summed E-state index contributed by atoms with van der Waals surface area (Å²) in [6, 6.07) is 6.57. The molecule has 0 radical (unpaired) electrons. The average Bonchev–Trinajstić information content (AvgIpc) is 3.42. The van der Waals surface area contributed by atoms with Crippen molar-refractivity contribution in [3.05, 3.63) is 78.3 Å². The Bertz CT molecular complexity index is 1220. The zero-order chi connectivity index (χ0) is 20.9. The fraction of sp³-hybridized carbons (Fsp3) is 0.429. The van der Waals surface area contributed by atoms with E-state index in [2.05, 4.69) is 15.0 Å². The second kappa shape index (κ2) is 7.24. The average molecular weight is 428 g/mol. The highest BCUT2D eigenvalue weighted by molar-refractivity contribution is 7.09. The van der Waals surface area contributed by atoms with Crippen molar-refractivity contribution >= 4 is 11.3 Å². The lowest BCUT2D eigenvalue weighted by Crippen LogP contribution is -2.45. The third kappa shape index (κ3) is 3.31. The maximum absolute atomic E-state index is 13.2. The smallest absolute Gasteiger partial charge is 0.298 e. The first kappa shape index (κ1) is 19.3. The van der Waals surface area contributed by atoms with Gasteiger partial charge in [0.05, 0.1) is 17.2 Å². The van der Waals surface area contributed by atoms with Gasteiger partial charge in [-0.25, -0.2) is 14.1 Å². The molecule has 1 unspecified atom stereocenters. The summed E-state index contributed by atoms with van der Waals surface area (Å²) in [5, 5.41) is 7.47. The number of thiazole rings is 1. The summed E-state index contributed by atoms with van der Waals surface area (Å²) in [4.78, 5) is 32.0. The minimum absolute atomic E-state index is 0.210. The Hall–Kier alpha value is -2.65. The van der Waals surface area contributed by atoms with Crippen LogP contribution in [0.4, 0.5) is 4.39 Å². The number of hydrogen-bond acceptors (Lipinski definition) is 6. The quantitative estimate of drug-likeness (QED) is 0.595. The van der Waals surface area contributed by atoms with Crippen LogP contribution in [0.2, 0.25) is 0 Å². The van der Waals surface area contributed by atoms with E-state index in [0.29, 0.717) is 12.4 Å². The summed E-state index contributed by atoms with van der Waals surface area (Å²) in [5.74, 6) is 0.471. The lowest BCUT2D eigenvalue weighted by atomic mass is 9.85. The summed E-state index contributed by atoms with van der Waals surface area (Å²) in [7, 11) is 0. The van der Waals surface area contributed by atoms with Gasteiger partial charge in [-0.1, -0.05) is 12.1 Å². The van der Waals surface area contributed by atoms with E-state index in [4.69, 9.17) is 0 Å². The number of halogens is 1. The molecule has 7 nitrogen and oxygen atoms in total. The molecule has 0 N–H and O–H groups in total. The first-order valence-corrected chi connectivity index (χ1v) is 10.9. The number of nitrogens with zero attached hydrogens (tertiary/aromatic N) is 5. The van der Waals surface area contributed by atoms with E-state index in [0.717, 1.165) is 48.7 Å². The number of hydrogen-bond donors (Lipinski definition) is 0. The summed E-state index contributed by atoms with van der Waals surface area (Å²) >= 11 is 1.51. The first-order chi connectivity index (χ1) is 14.4. The third-order valence-electron chi connectivity index (χ3n) is 6.15. The van der Waals surface area contributed by atoms with Gasteiger partial charge in [-0.2, -0.15) is 5.10 Å². The molecule has 2 aliphatic heterocycles. The zero-order valence-corrected chi connectivity index (χ0v) is 17.5. The van der Waals surface area contributed by atoms with Gasteiger partial charge in [0.25, 0.3) is 0 Å². The van der Waals surface area contributed by atoms with Gasteiger partial charge in [-0.05, 0) is 44.0 Å². The van der Waals surface area contributed by atoms with Gasteiger partial charge >= 0.3 is 11.1 Å². The lowest BCUT2D eigenvalue weighted by Gasteiger charge is -2.23. The Kier molecular flexibility index (Phi) is 4.67. The van der Waals surface area contributed by atoms with E-state index in [9.17, 15) is 14.0 Å². The minimum Gasteiger partial charge on any atom is -0.298 e. The molecule has 1 aromatic carbocycles. The molecule has 0 aliphatic carbocycles. The van der Waals surface area contributed by atoms with E-state index in [1.54, 1.807) is 16.7 Å². The molecule has 0 amide bonds. The van der Waals surface area contributed by atoms with E-state index in [1.165, 1.54) is 28.2 Å². The summed E-state index contributed by atoms with van der Waals surface area (Å²) in [6.45, 7) is 5.01. The van der Waals surface area contributed by atoms with Crippen molar-refractivity contribution < 1.29 is 4.39 Å². The van der Waals surface area contributed by atoms with Crippen LogP contribution in [0, 0.1) is 12.7 Å². The van der Waals surface area contributed by atoms with Crippen LogP contribution in [0.25, 0.3) is 0 Å². The molecular weight excluding hydrogens is 405 g/mol. The van der Waals surface area contributed by atoms with Crippen LogP contribution in [0.15, 0.2) is 39.2 Å². The van der Waals surface area contributed by atoms with Crippen LogP contribution >= 0.6 is 11.3 Å². The van der Waals surface area contributed by atoms with E-state index in [1.807, 2.05) is 12.3 Å². The Morgan fingerprint density at radius 3 is 2.60 bits per heavy atom. The van der Waals surface area contributed by atoms with Crippen LogP contribution in [0.1, 0.15) is 34.9 Å². The Labute approximate surface area is 176 Å². The first-order valence-electron chi connectivity index (χ1n) is 10.0. The molecule has 4 heterocycles. The van der Waals surface area contributed by atoms with Crippen molar-refractivity contribution in [2.24, 2.45) is 0 Å². The van der Waals surface area contributed by atoms with Crippen LogP contribution in [0.5, 0.6) is 0 Å². The van der Waals surface area contributed by atoms with Gasteiger partial charge in [0.1, 0.15) is 11.6 Å². The third-order valence-corrected chi connectivity index (χ3v) is 6.97. The maximum Gasteiger partial charge on any atom is 0.332 e. The maximum atomic E-state index is 13.2. The van der Waals surface area contributed by atoms with Crippen molar-refractivity contribution in [2.75, 3.05) is 13.1 Å². The number of likely N-dealkylation sites (tertiary alicyclic amines) is 1. The molecule has 30 heavy (non-hydrogen) atoms. The van der Waals surface area contributed by atoms with Crippen LogP contribution in [-0.2, 0) is 25.0 Å². The fourth-order valence-corrected chi connectivity index (χ4v) is 5.25. The van der Waals surface area contributed by atoms with Crippen molar-refractivity contribution in [1.29, 1.82) is 0 Å². The molecule has 156 valence electrons.